The number of carbonyl (C=O) groups is 1. The summed E-state index contributed by atoms with van der Waals surface area (Å²) >= 11 is 0. The van der Waals surface area contributed by atoms with Gasteiger partial charge in [0, 0.05) is 37.5 Å². The van der Waals surface area contributed by atoms with E-state index in [9.17, 15) is 4.79 Å². The fraction of sp³-hybridized carbons (Fsp3) is 0.467. The summed E-state index contributed by atoms with van der Waals surface area (Å²) in [6.45, 7) is 13.2. The average molecular weight is 508 g/mol. The van der Waals surface area contributed by atoms with Crippen LogP contribution in [0.2, 0.25) is 0 Å². The number of carbonyl (C=O) groups excluding carboxylic acids is 1. The Hall–Kier alpha value is -3.00. The largest absolute Gasteiger partial charge is 0.488 e. The molecule has 2 unspecified atom stereocenters. The third-order valence-electron chi connectivity index (χ3n) is 6.06. The molecule has 0 saturated carbocycles. The molecular weight excluding hydrogens is 466 g/mol. The normalized spacial score (nSPS) is 13.5. The van der Waals surface area contributed by atoms with Gasteiger partial charge in [-0.1, -0.05) is 30.3 Å². The number of nitrogens with two attached hydrogens (primary N) is 1. The average Bonchev–Trinajstić information content (AvgIpc) is 2.86. The summed E-state index contributed by atoms with van der Waals surface area (Å²) < 4.78 is 17.7. The molecule has 200 valence electrons. The van der Waals surface area contributed by atoms with Gasteiger partial charge in [-0.25, -0.2) is 0 Å². The van der Waals surface area contributed by atoms with Gasteiger partial charge in [-0.2, -0.15) is 0 Å². The first kappa shape index (κ1) is 28.6. The lowest BCUT2D eigenvalue weighted by Crippen LogP contribution is -2.52. The Kier molecular flexibility index (Phi) is 10.0. The third kappa shape index (κ3) is 7.99. The maximum atomic E-state index is 13.8. The highest BCUT2D eigenvalue weighted by Gasteiger charge is 2.32. The lowest BCUT2D eigenvalue weighted by Gasteiger charge is -2.36. The first-order chi connectivity index (χ1) is 17.6. The number of nitrogens with zero attached hydrogens (tertiary/aromatic N) is 2. The summed E-state index contributed by atoms with van der Waals surface area (Å²) in [6.07, 6.45) is 3.45. The SMILES string of the molecule is CCOC(OCC)C(C)N(Cc1cccc2cnccc12)C(=O)C(N)Cc1ccc(OC(C)(C)C)cc1. The number of rotatable bonds is 12. The summed E-state index contributed by atoms with van der Waals surface area (Å²) in [5.74, 6) is 0.631. The second-order valence-electron chi connectivity index (χ2n) is 10.2. The van der Waals surface area contributed by atoms with E-state index >= 15 is 0 Å². The Bertz CT molecular complexity index is 1130. The van der Waals surface area contributed by atoms with Gasteiger partial charge in [0.15, 0.2) is 6.29 Å². The quantitative estimate of drug-likeness (QED) is 0.343. The molecule has 1 heterocycles. The highest BCUT2D eigenvalue weighted by Crippen LogP contribution is 2.23. The van der Waals surface area contributed by atoms with Crippen molar-refractivity contribution in [2.24, 2.45) is 5.73 Å². The molecule has 2 N–H and O–H groups in total. The van der Waals surface area contributed by atoms with Gasteiger partial charge in [-0.05, 0) is 82.7 Å². The number of pyridine rings is 1. The van der Waals surface area contributed by atoms with Crippen LogP contribution in [-0.4, -0.2) is 53.0 Å². The van der Waals surface area contributed by atoms with Gasteiger partial charge in [0.1, 0.15) is 11.4 Å². The smallest absolute Gasteiger partial charge is 0.240 e. The minimum Gasteiger partial charge on any atom is -0.488 e. The van der Waals surface area contributed by atoms with E-state index < -0.39 is 12.3 Å². The van der Waals surface area contributed by atoms with Crippen molar-refractivity contribution in [1.82, 2.24) is 9.88 Å². The van der Waals surface area contributed by atoms with Crippen molar-refractivity contribution < 1.29 is 19.0 Å². The molecule has 2 atom stereocenters. The molecule has 37 heavy (non-hydrogen) atoms. The fourth-order valence-corrected chi connectivity index (χ4v) is 4.34. The molecule has 3 rings (SSSR count). The van der Waals surface area contributed by atoms with Gasteiger partial charge >= 0.3 is 0 Å². The van der Waals surface area contributed by atoms with Crippen LogP contribution in [0, 0.1) is 0 Å². The molecule has 0 aliphatic rings. The monoisotopic (exact) mass is 507 g/mol. The molecular formula is C30H41N3O4. The Morgan fingerprint density at radius 1 is 1.03 bits per heavy atom. The van der Waals surface area contributed by atoms with Crippen molar-refractivity contribution in [3.63, 3.8) is 0 Å². The van der Waals surface area contributed by atoms with Crippen LogP contribution in [0.15, 0.2) is 60.9 Å². The van der Waals surface area contributed by atoms with Crippen molar-refractivity contribution in [3.05, 3.63) is 72.1 Å². The van der Waals surface area contributed by atoms with E-state index in [1.54, 1.807) is 11.1 Å². The zero-order valence-electron chi connectivity index (χ0n) is 22.9. The van der Waals surface area contributed by atoms with Gasteiger partial charge in [-0.3, -0.25) is 9.78 Å². The molecule has 0 radical (unpaired) electrons. The molecule has 7 heteroatoms. The van der Waals surface area contributed by atoms with E-state index in [0.29, 0.717) is 26.2 Å². The van der Waals surface area contributed by atoms with E-state index in [1.165, 1.54) is 0 Å². The van der Waals surface area contributed by atoms with Crippen molar-refractivity contribution in [2.45, 2.75) is 78.5 Å². The molecule has 0 spiro atoms. The molecule has 0 bridgehead atoms. The number of hydrogen-bond donors (Lipinski definition) is 1. The topological polar surface area (TPSA) is 86.9 Å². The van der Waals surface area contributed by atoms with Crippen LogP contribution in [0.3, 0.4) is 0 Å². The zero-order valence-corrected chi connectivity index (χ0v) is 22.9. The van der Waals surface area contributed by atoms with E-state index in [-0.39, 0.29) is 17.6 Å². The number of aromatic nitrogens is 1. The molecule has 0 aliphatic heterocycles. The maximum Gasteiger partial charge on any atom is 0.240 e. The van der Waals surface area contributed by atoms with Crippen LogP contribution in [0.5, 0.6) is 5.75 Å². The third-order valence-corrected chi connectivity index (χ3v) is 6.06. The predicted octanol–water partition coefficient (Wildman–Crippen LogP) is 5.10. The summed E-state index contributed by atoms with van der Waals surface area (Å²) in [7, 11) is 0. The Labute approximate surface area is 220 Å². The number of benzene rings is 2. The summed E-state index contributed by atoms with van der Waals surface area (Å²) in [6, 6.07) is 14.7. The van der Waals surface area contributed by atoms with E-state index in [2.05, 4.69) is 4.98 Å². The second-order valence-corrected chi connectivity index (χ2v) is 10.2. The Morgan fingerprint density at radius 3 is 2.32 bits per heavy atom. The second kappa shape index (κ2) is 13.0. The van der Waals surface area contributed by atoms with E-state index in [4.69, 9.17) is 19.9 Å². The van der Waals surface area contributed by atoms with Crippen molar-refractivity contribution in [2.75, 3.05) is 13.2 Å². The zero-order chi connectivity index (χ0) is 27.0. The highest BCUT2D eigenvalue weighted by molar-refractivity contribution is 5.86. The summed E-state index contributed by atoms with van der Waals surface area (Å²) in [5.41, 5.74) is 8.24. The van der Waals surface area contributed by atoms with Crippen molar-refractivity contribution in [1.29, 1.82) is 0 Å². The number of amides is 1. The lowest BCUT2D eigenvalue weighted by atomic mass is 10.0. The van der Waals surface area contributed by atoms with Crippen LogP contribution in [0.4, 0.5) is 0 Å². The van der Waals surface area contributed by atoms with E-state index in [0.717, 1.165) is 27.6 Å². The molecule has 0 aliphatic carbocycles. The Balaban J connectivity index is 1.85. The lowest BCUT2D eigenvalue weighted by molar-refractivity contribution is -0.179. The first-order valence-electron chi connectivity index (χ1n) is 13.0. The van der Waals surface area contributed by atoms with E-state index in [1.807, 2.05) is 96.3 Å². The van der Waals surface area contributed by atoms with Crippen molar-refractivity contribution >= 4 is 16.7 Å². The molecule has 0 fully saturated rings. The van der Waals surface area contributed by atoms with Gasteiger partial charge in [0.25, 0.3) is 0 Å². The van der Waals surface area contributed by atoms with Crippen LogP contribution >= 0.6 is 0 Å². The van der Waals surface area contributed by atoms with Crippen molar-refractivity contribution in [3.8, 4) is 5.75 Å². The summed E-state index contributed by atoms with van der Waals surface area (Å²) in [4.78, 5) is 19.9. The van der Waals surface area contributed by atoms with Gasteiger partial charge < -0.3 is 24.8 Å². The van der Waals surface area contributed by atoms with Gasteiger partial charge in [0.05, 0.1) is 12.1 Å². The standard InChI is InChI=1S/C30H41N3O4/c1-7-35-29(36-8-2)21(3)33(20-24-11-9-10-23-19-32-17-16-26(23)24)28(34)27(31)18-22-12-14-25(15-13-22)37-30(4,5)6/h9-17,19,21,27,29H,7-8,18,20,31H2,1-6H3. The van der Waals surface area contributed by atoms with Crippen LogP contribution in [-0.2, 0) is 27.2 Å². The number of fused-ring (bicyclic) bond motifs is 1. The molecule has 2 aromatic carbocycles. The van der Waals surface area contributed by atoms with Crippen LogP contribution in [0.1, 0.15) is 52.7 Å². The first-order valence-corrected chi connectivity index (χ1v) is 13.0. The molecule has 7 nitrogen and oxygen atoms in total. The van der Waals surface area contributed by atoms with Gasteiger partial charge in [-0.15, -0.1) is 0 Å². The minimum absolute atomic E-state index is 0.155. The molecule has 1 aromatic heterocycles. The molecule has 0 saturated heterocycles. The fourth-order valence-electron chi connectivity index (χ4n) is 4.34. The molecule has 1 amide bonds. The maximum absolute atomic E-state index is 13.8. The minimum atomic E-state index is -0.725. The summed E-state index contributed by atoms with van der Waals surface area (Å²) in [5, 5.41) is 2.07. The van der Waals surface area contributed by atoms with Crippen LogP contribution < -0.4 is 10.5 Å². The number of ether oxygens (including phenoxy) is 3. The highest BCUT2D eigenvalue weighted by atomic mass is 16.7. The predicted molar refractivity (Wildman–Crippen MR) is 147 cm³/mol. The molecule has 3 aromatic rings. The van der Waals surface area contributed by atoms with Gasteiger partial charge in [0.2, 0.25) is 5.91 Å². The van der Waals surface area contributed by atoms with Crippen LogP contribution in [0.25, 0.3) is 10.8 Å². The Morgan fingerprint density at radius 2 is 1.70 bits per heavy atom. The number of hydrogen-bond acceptors (Lipinski definition) is 6.